The number of pyridine rings is 2. The van der Waals surface area contributed by atoms with Crippen LogP contribution in [-0.2, 0) is 0 Å². The lowest BCUT2D eigenvalue weighted by Gasteiger charge is -2.18. The molecule has 4 aromatic rings. The minimum absolute atomic E-state index is 0.0547. The van der Waals surface area contributed by atoms with Crippen molar-refractivity contribution >= 4 is 32.7 Å². The van der Waals surface area contributed by atoms with E-state index in [0.29, 0.717) is 5.56 Å². The molecular weight excluding hydrogens is 426 g/mol. The van der Waals surface area contributed by atoms with E-state index in [9.17, 15) is 4.79 Å². The number of carbonyl (C=O) groups is 1. The van der Waals surface area contributed by atoms with Gasteiger partial charge in [0.05, 0.1) is 22.8 Å². The van der Waals surface area contributed by atoms with Crippen molar-refractivity contribution in [3.8, 4) is 11.3 Å². The Balaban J connectivity index is 1.78. The lowest BCUT2D eigenvalue weighted by molar-refractivity contribution is 0.0937. The van der Waals surface area contributed by atoms with Crippen molar-refractivity contribution in [2.75, 3.05) is 0 Å². The third-order valence-electron chi connectivity index (χ3n) is 4.89. The van der Waals surface area contributed by atoms with Gasteiger partial charge >= 0.3 is 0 Å². The number of fused-ring (bicyclic) bond motifs is 1. The quantitative estimate of drug-likeness (QED) is 0.413. The highest BCUT2D eigenvalue weighted by molar-refractivity contribution is 9.10. The van der Waals surface area contributed by atoms with Crippen molar-refractivity contribution in [2.45, 2.75) is 19.4 Å². The molecule has 0 aliphatic carbocycles. The Kier molecular flexibility index (Phi) is 5.67. The monoisotopic (exact) mass is 445 g/mol. The highest BCUT2D eigenvalue weighted by atomic mass is 79.9. The van der Waals surface area contributed by atoms with Crippen molar-refractivity contribution in [1.29, 1.82) is 0 Å². The van der Waals surface area contributed by atoms with E-state index < -0.39 is 0 Å². The van der Waals surface area contributed by atoms with Crippen molar-refractivity contribution in [3.05, 3.63) is 94.7 Å². The molecule has 0 aliphatic heterocycles. The summed E-state index contributed by atoms with van der Waals surface area (Å²) in [6.45, 7) is 2.07. The molecule has 1 amide bonds. The molecule has 0 saturated carbocycles. The molecule has 5 heteroatoms. The molecule has 2 aromatic carbocycles. The van der Waals surface area contributed by atoms with E-state index in [1.54, 1.807) is 12.4 Å². The normalized spacial score (nSPS) is 11.9. The van der Waals surface area contributed by atoms with Crippen molar-refractivity contribution in [2.24, 2.45) is 0 Å². The molecule has 0 spiro atoms. The number of amides is 1. The number of nitrogens with one attached hydrogen (secondary N) is 1. The number of hydrogen-bond donors (Lipinski definition) is 1. The Morgan fingerprint density at radius 3 is 2.62 bits per heavy atom. The standard InChI is InChI=1S/C24H20BrN3O/c1-2-21(16-7-4-3-5-8-16)28-24(29)20-14-23(17-9-6-12-26-15-17)27-22-11-10-18(25)13-19(20)22/h3-15,21H,2H2,1H3,(H,28,29). The number of nitrogens with zero attached hydrogens (tertiary/aromatic N) is 2. The van der Waals surface area contributed by atoms with Crippen LogP contribution in [0.15, 0.2) is 83.6 Å². The molecule has 0 fully saturated rings. The van der Waals surface area contributed by atoms with Gasteiger partial charge in [0.2, 0.25) is 0 Å². The van der Waals surface area contributed by atoms with Gasteiger partial charge in [0.25, 0.3) is 5.91 Å². The molecule has 4 nitrogen and oxygen atoms in total. The van der Waals surface area contributed by atoms with Crippen LogP contribution in [0.5, 0.6) is 0 Å². The van der Waals surface area contributed by atoms with Crippen LogP contribution in [-0.4, -0.2) is 15.9 Å². The number of hydrogen-bond acceptors (Lipinski definition) is 3. The molecule has 144 valence electrons. The molecular formula is C24H20BrN3O. The molecule has 1 N–H and O–H groups in total. The van der Waals surface area contributed by atoms with Gasteiger partial charge in [0, 0.05) is 27.8 Å². The van der Waals surface area contributed by atoms with Crippen LogP contribution in [0.3, 0.4) is 0 Å². The summed E-state index contributed by atoms with van der Waals surface area (Å²) in [5.74, 6) is -0.114. The second-order valence-electron chi connectivity index (χ2n) is 6.80. The van der Waals surface area contributed by atoms with Gasteiger partial charge in [0.15, 0.2) is 0 Å². The first kappa shape index (κ1) is 19.3. The molecule has 0 bridgehead atoms. The van der Waals surface area contributed by atoms with E-state index in [1.165, 1.54) is 0 Å². The maximum absolute atomic E-state index is 13.3. The molecule has 1 unspecified atom stereocenters. The van der Waals surface area contributed by atoms with Crippen LogP contribution in [0.4, 0.5) is 0 Å². The summed E-state index contributed by atoms with van der Waals surface area (Å²) in [6, 6.07) is 21.4. The lowest BCUT2D eigenvalue weighted by atomic mass is 10.0. The van der Waals surface area contributed by atoms with E-state index in [-0.39, 0.29) is 11.9 Å². The van der Waals surface area contributed by atoms with E-state index in [2.05, 4.69) is 33.2 Å². The van der Waals surface area contributed by atoms with Gasteiger partial charge in [-0.1, -0.05) is 53.2 Å². The molecule has 4 rings (SSSR count). The molecule has 0 saturated heterocycles. The van der Waals surface area contributed by atoms with E-state index in [4.69, 9.17) is 4.98 Å². The van der Waals surface area contributed by atoms with Gasteiger partial charge in [-0.3, -0.25) is 9.78 Å². The molecule has 2 aromatic heterocycles. The maximum Gasteiger partial charge on any atom is 0.252 e. The number of halogens is 1. The Hall–Kier alpha value is -3.05. The molecule has 2 heterocycles. The Bertz CT molecular complexity index is 1150. The second kappa shape index (κ2) is 8.53. The zero-order valence-electron chi connectivity index (χ0n) is 16.0. The van der Waals surface area contributed by atoms with Crippen LogP contribution in [0.1, 0.15) is 35.3 Å². The fraction of sp³-hybridized carbons (Fsp3) is 0.125. The van der Waals surface area contributed by atoms with Crippen molar-refractivity contribution in [3.63, 3.8) is 0 Å². The zero-order chi connectivity index (χ0) is 20.2. The largest absolute Gasteiger partial charge is 0.345 e. The summed E-state index contributed by atoms with van der Waals surface area (Å²) in [5, 5.41) is 4.00. The number of benzene rings is 2. The summed E-state index contributed by atoms with van der Waals surface area (Å²) in [6.07, 6.45) is 4.28. The first-order valence-corrected chi connectivity index (χ1v) is 10.3. The third-order valence-corrected chi connectivity index (χ3v) is 5.38. The van der Waals surface area contributed by atoms with Crippen molar-refractivity contribution in [1.82, 2.24) is 15.3 Å². The summed E-state index contributed by atoms with van der Waals surface area (Å²) in [4.78, 5) is 22.3. The first-order chi connectivity index (χ1) is 14.2. The van der Waals surface area contributed by atoms with Gasteiger partial charge < -0.3 is 5.32 Å². The average Bonchev–Trinajstić information content (AvgIpc) is 2.77. The van der Waals surface area contributed by atoms with E-state index in [1.807, 2.05) is 66.7 Å². The van der Waals surface area contributed by atoms with Gasteiger partial charge in [0.1, 0.15) is 0 Å². The Morgan fingerprint density at radius 1 is 1.07 bits per heavy atom. The van der Waals surface area contributed by atoms with Gasteiger partial charge in [-0.2, -0.15) is 0 Å². The van der Waals surface area contributed by atoms with Crippen LogP contribution < -0.4 is 5.32 Å². The minimum Gasteiger partial charge on any atom is -0.345 e. The smallest absolute Gasteiger partial charge is 0.252 e. The fourth-order valence-corrected chi connectivity index (χ4v) is 3.75. The van der Waals surface area contributed by atoms with Crippen LogP contribution in [0.2, 0.25) is 0 Å². The van der Waals surface area contributed by atoms with E-state index >= 15 is 0 Å². The second-order valence-corrected chi connectivity index (χ2v) is 7.72. The van der Waals surface area contributed by atoms with E-state index in [0.717, 1.165) is 38.6 Å². The van der Waals surface area contributed by atoms with Gasteiger partial charge in [-0.25, -0.2) is 4.98 Å². The molecule has 0 aliphatic rings. The number of carbonyl (C=O) groups excluding carboxylic acids is 1. The highest BCUT2D eigenvalue weighted by Crippen LogP contribution is 2.28. The molecule has 0 radical (unpaired) electrons. The number of rotatable bonds is 5. The summed E-state index contributed by atoms with van der Waals surface area (Å²) < 4.78 is 0.907. The third kappa shape index (κ3) is 4.20. The van der Waals surface area contributed by atoms with Gasteiger partial charge in [-0.15, -0.1) is 0 Å². The summed E-state index contributed by atoms with van der Waals surface area (Å²) >= 11 is 3.51. The lowest BCUT2D eigenvalue weighted by Crippen LogP contribution is -2.28. The SMILES string of the molecule is CCC(NC(=O)c1cc(-c2cccnc2)nc2ccc(Br)cc12)c1ccccc1. The van der Waals surface area contributed by atoms with Crippen LogP contribution >= 0.6 is 15.9 Å². The summed E-state index contributed by atoms with van der Waals surface area (Å²) in [5.41, 5.74) is 4.07. The van der Waals surface area contributed by atoms with Crippen LogP contribution in [0, 0.1) is 0 Å². The van der Waals surface area contributed by atoms with Gasteiger partial charge in [-0.05, 0) is 48.4 Å². The fourth-order valence-electron chi connectivity index (χ4n) is 3.39. The minimum atomic E-state index is -0.114. The van der Waals surface area contributed by atoms with Crippen LogP contribution in [0.25, 0.3) is 22.2 Å². The topological polar surface area (TPSA) is 54.9 Å². The Morgan fingerprint density at radius 2 is 1.90 bits per heavy atom. The predicted octanol–water partition coefficient (Wildman–Crippen LogP) is 5.94. The first-order valence-electron chi connectivity index (χ1n) is 9.52. The summed E-state index contributed by atoms with van der Waals surface area (Å²) in [7, 11) is 0. The number of aromatic nitrogens is 2. The van der Waals surface area contributed by atoms with Crippen molar-refractivity contribution < 1.29 is 4.79 Å². The predicted molar refractivity (Wildman–Crippen MR) is 120 cm³/mol. The highest BCUT2D eigenvalue weighted by Gasteiger charge is 2.18. The Labute approximate surface area is 178 Å². The average molecular weight is 446 g/mol. The zero-order valence-corrected chi connectivity index (χ0v) is 17.6. The molecule has 29 heavy (non-hydrogen) atoms. The molecule has 1 atom stereocenters. The maximum atomic E-state index is 13.3.